The second kappa shape index (κ2) is 2.01. The molecule has 3 unspecified atom stereocenters. The molecule has 0 amide bonds. The lowest BCUT2D eigenvalue weighted by Crippen LogP contribution is -2.00. The largest absolute Gasteiger partial charge is 0.359 e. The maximum absolute atomic E-state index is 4.50. The molecule has 0 radical (unpaired) electrons. The molecule has 0 saturated carbocycles. The second-order valence-corrected chi connectivity index (χ2v) is 4.32. The maximum Gasteiger partial charge on any atom is 0.0701 e. The van der Waals surface area contributed by atoms with E-state index in [1.807, 2.05) is 6.20 Å². The average Bonchev–Trinajstić information content (AvgIpc) is 2.98. The number of pyridine rings is 1. The Morgan fingerprint density at radius 3 is 3.14 bits per heavy atom. The third kappa shape index (κ3) is 0.738. The standard InChI is InChI=1S/C11H11N3/c1-6-4-7-8(13-6)2-3-12-10(7)11-9-5-14(9)11/h2-4,9,11,13H,5H2,1H3. The highest BCUT2D eigenvalue weighted by molar-refractivity contribution is 5.83. The van der Waals surface area contributed by atoms with E-state index < -0.39 is 0 Å². The summed E-state index contributed by atoms with van der Waals surface area (Å²) in [6, 6.07) is 5.71. The average molecular weight is 185 g/mol. The van der Waals surface area contributed by atoms with Crippen molar-refractivity contribution in [2.45, 2.75) is 19.0 Å². The van der Waals surface area contributed by atoms with Crippen molar-refractivity contribution < 1.29 is 0 Å². The van der Waals surface area contributed by atoms with E-state index in [-0.39, 0.29) is 0 Å². The fraction of sp³-hybridized carbons (Fsp3) is 0.364. The summed E-state index contributed by atoms with van der Waals surface area (Å²) in [6.07, 6.45) is 1.91. The van der Waals surface area contributed by atoms with Gasteiger partial charge in [0.1, 0.15) is 0 Å². The van der Waals surface area contributed by atoms with Gasteiger partial charge in [-0.1, -0.05) is 0 Å². The quantitative estimate of drug-likeness (QED) is 0.684. The number of hydrogen-bond acceptors (Lipinski definition) is 2. The first-order valence-corrected chi connectivity index (χ1v) is 5.04. The molecular weight excluding hydrogens is 174 g/mol. The van der Waals surface area contributed by atoms with Crippen molar-refractivity contribution in [3.05, 3.63) is 29.7 Å². The maximum atomic E-state index is 4.50. The van der Waals surface area contributed by atoms with Crippen LogP contribution in [0.2, 0.25) is 0 Å². The molecular formula is C11H11N3. The fourth-order valence-electron chi connectivity index (χ4n) is 2.37. The Balaban J connectivity index is 1.97. The van der Waals surface area contributed by atoms with Crippen molar-refractivity contribution in [3.63, 3.8) is 0 Å². The van der Waals surface area contributed by atoms with Gasteiger partial charge in [0, 0.05) is 35.4 Å². The monoisotopic (exact) mass is 185 g/mol. The lowest BCUT2D eigenvalue weighted by Gasteiger charge is -2.03. The van der Waals surface area contributed by atoms with Gasteiger partial charge in [-0.25, -0.2) is 0 Å². The lowest BCUT2D eigenvalue weighted by atomic mass is 10.1. The Morgan fingerprint density at radius 2 is 2.43 bits per heavy atom. The summed E-state index contributed by atoms with van der Waals surface area (Å²) in [7, 11) is 0. The number of nitrogens with one attached hydrogen (secondary N) is 1. The highest BCUT2D eigenvalue weighted by Crippen LogP contribution is 2.56. The summed E-state index contributed by atoms with van der Waals surface area (Å²) in [5.74, 6) is 0. The molecule has 0 aliphatic carbocycles. The molecule has 0 spiro atoms. The molecule has 0 aromatic carbocycles. The zero-order chi connectivity index (χ0) is 9.28. The Labute approximate surface area is 81.7 Å². The molecule has 3 nitrogen and oxygen atoms in total. The number of fused-ring (bicyclic) bond motifs is 2. The van der Waals surface area contributed by atoms with Crippen molar-refractivity contribution in [3.8, 4) is 0 Å². The molecule has 3 atom stereocenters. The number of H-pyrrole nitrogens is 1. The molecule has 70 valence electrons. The van der Waals surface area contributed by atoms with Crippen LogP contribution < -0.4 is 0 Å². The molecule has 14 heavy (non-hydrogen) atoms. The predicted octanol–water partition coefficient (Wildman–Crippen LogP) is 1.61. The van der Waals surface area contributed by atoms with Crippen LogP contribution in [0.25, 0.3) is 10.9 Å². The van der Waals surface area contributed by atoms with Gasteiger partial charge in [0.25, 0.3) is 0 Å². The van der Waals surface area contributed by atoms with Gasteiger partial charge < -0.3 is 4.98 Å². The number of aromatic amines is 1. The topological polar surface area (TPSA) is 31.7 Å². The highest BCUT2D eigenvalue weighted by atomic mass is 15.5. The van der Waals surface area contributed by atoms with Crippen LogP contribution in [0.1, 0.15) is 17.4 Å². The van der Waals surface area contributed by atoms with Gasteiger partial charge in [-0.05, 0) is 19.1 Å². The molecule has 4 heterocycles. The third-order valence-corrected chi connectivity index (χ3v) is 3.32. The van der Waals surface area contributed by atoms with Gasteiger partial charge in [0.15, 0.2) is 0 Å². The zero-order valence-electron chi connectivity index (χ0n) is 7.99. The molecule has 0 bridgehead atoms. The first-order chi connectivity index (χ1) is 6.84. The third-order valence-electron chi connectivity index (χ3n) is 3.32. The van der Waals surface area contributed by atoms with Gasteiger partial charge in [-0.2, -0.15) is 0 Å². The number of hydrogen-bond donors (Lipinski definition) is 1. The van der Waals surface area contributed by atoms with Crippen molar-refractivity contribution in [2.24, 2.45) is 0 Å². The van der Waals surface area contributed by atoms with Crippen LogP contribution in [-0.2, 0) is 0 Å². The summed E-state index contributed by atoms with van der Waals surface area (Å²) in [5.41, 5.74) is 3.71. The van der Waals surface area contributed by atoms with Gasteiger partial charge in [-0.15, -0.1) is 0 Å². The van der Waals surface area contributed by atoms with Crippen molar-refractivity contribution in [1.82, 2.24) is 14.9 Å². The second-order valence-electron chi connectivity index (χ2n) is 4.32. The molecule has 2 aliphatic heterocycles. The molecule has 2 aromatic heterocycles. The number of rotatable bonds is 1. The normalized spacial score (nSPS) is 33.1. The first kappa shape index (κ1) is 7.01. The molecule has 2 aliphatic rings. The van der Waals surface area contributed by atoms with Crippen LogP contribution >= 0.6 is 0 Å². The van der Waals surface area contributed by atoms with E-state index >= 15 is 0 Å². The summed E-state index contributed by atoms with van der Waals surface area (Å²) < 4.78 is 0. The van der Waals surface area contributed by atoms with Crippen LogP contribution in [0, 0.1) is 6.92 Å². The Hall–Kier alpha value is -1.35. The summed E-state index contributed by atoms with van der Waals surface area (Å²) in [6.45, 7) is 3.38. The number of nitrogens with zero attached hydrogens (tertiary/aromatic N) is 2. The molecule has 2 fully saturated rings. The Morgan fingerprint density at radius 1 is 1.57 bits per heavy atom. The van der Waals surface area contributed by atoms with E-state index in [0.29, 0.717) is 6.04 Å². The van der Waals surface area contributed by atoms with Crippen molar-refractivity contribution in [2.75, 3.05) is 6.54 Å². The van der Waals surface area contributed by atoms with E-state index in [2.05, 4.69) is 33.9 Å². The van der Waals surface area contributed by atoms with Crippen LogP contribution in [0.15, 0.2) is 18.3 Å². The SMILES string of the molecule is Cc1cc2c(C3C4CN43)nccc2[nH]1. The number of aromatic nitrogens is 2. The summed E-state index contributed by atoms with van der Waals surface area (Å²) in [4.78, 5) is 10.3. The highest BCUT2D eigenvalue weighted by Gasteiger charge is 2.63. The van der Waals surface area contributed by atoms with Crippen molar-refractivity contribution in [1.29, 1.82) is 0 Å². The molecule has 4 rings (SSSR count). The van der Waals surface area contributed by atoms with E-state index in [0.717, 1.165) is 6.04 Å². The summed E-state index contributed by atoms with van der Waals surface area (Å²) in [5, 5.41) is 1.31. The first-order valence-electron chi connectivity index (χ1n) is 5.04. The fourth-order valence-corrected chi connectivity index (χ4v) is 2.37. The molecule has 2 saturated heterocycles. The van der Waals surface area contributed by atoms with Crippen LogP contribution in [0.4, 0.5) is 0 Å². The van der Waals surface area contributed by atoms with E-state index in [1.165, 1.54) is 28.8 Å². The van der Waals surface area contributed by atoms with Gasteiger partial charge in [-0.3, -0.25) is 9.88 Å². The van der Waals surface area contributed by atoms with Crippen LogP contribution in [-0.4, -0.2) is 27.5 Å². The van der Waals surface area contributed by atoms with E-state index in [4.69, 9.17) is 0 Å². The van der Waals surface area contributed by atoms with Crippen molar-refractivity contribution >= 4 is 10.9 Å². The summed E-state index contributed by atoms with van der Waals surface area (Å²) >= 11 is 0. The van der Waals surface area contributed by atoms with E-state index in [9.17, 15) is 0 Å². The van der Waals surface area contributed by atoms with E-state index in [1.54, 1.807) is 0 Å². The zero-order valence-corrected chi connectivity index (χ0v) is 7.99. The molecule has 1 N–H and O–H groups in total. The predicted molar refractivity (Wildman–Crippen MR) is 54.1 cm³/mol. The molecule has 2 aromatic rings. The lowest BCUT2D eigenvalue weighted by molar-refractivity contribution is 0.651. The Bertz CT molecular complexity index is 520. The minimum absolute atomic E-state index is 0.633. The van der Waals surface area contributed by atoms with Gasteiger partial charge >= 0.3 is 0 Å². The smallest absolute Gasteiger partial charge is 0.0701 e. The van der Waals surface area contributed by atoms with Gasteiger partial charge in [0.05, 0.1) is 11.7 Å². The minimum Gasteiger partial charge on any atom is -0.359 e. The Kier molecular flexibility index (Phi) is 1.01. The van der Waals surface area contributed by atoms with Crippen LogP contribution in [0.5, 0.6) is 0 Å². The van der Waals surface area contributed by atoms with Gasteiger partial charge in [0.2, 0.25) is 0 Å². The molecule has 3 heteroatoms. The van der Waals surface area contributed by atoms with Crippen LogP contribution in [0.3, 0.4) is 0 Å². The number of aryl methyl sites for hydroxylation is 1. The minimum atomic E-state index is 0.633.